The molecular weight excluding hydrogens is 256 g/mol. The SMILES string of the molecule is CCCCN(CCCC)P(N)(=O)N(Cl)Cl. The van der Waals surface area contributed by atoms with Crippen LogP contribution in [0.25, 0.3) is 0 Å². The third-order valence-electron chi connectivity index (χ3n) is 2.16. The van der Waals surface area contributed by atoms with Crippen LogP contribution in [0.3, 0.4) is 0 Å². The van der Waals surface area contributed by atoms with E-state index in [0.717, 1.165) is 25.7 Å². The predicted octanol–water partition coefficient (Wildman–Crippen LogP) is 3.57. The number of hydrogen-bond donors (Lipinski definition) is 1. The van der Waals surface area contributed by atoms with Gasteiger partial charge in [-0.25, -0.2) is 4.67 Å². The molecule has 0 amide bonds. The Labute approximate surface area is 102 Å². The highest BCUT2D eigenvalue weighted by molar-refractivity contribution is 7.59. The zero-order valence-electron chi connectivity index (χ0n) is 9.33. The van der Waals surface area contributed by atoms with E-state index in [1.807, 2.05) is 0 Å². The van der Waals surface area contributed by atoms with Crippen LogP contribution in [-0.2, 0) is 4.57 Å². The van der Waals surface area contributed by atoms with Crippen molar-refractivity contribution in [3.63, 3.8) is 0 Å². The van der Waals surface area contributed by atoms with Gasteiger partial charge in [0.15, 0.2) is 0 Å². The van der Waals surface area contributed by atoms with Crippen LogP contribution in [0, 0.1) is 0 Å². The van der Waals surface area contributed by atoms with Crippen molar-refractivity contribution < 1.29 is 4.57 Å². The Morgan fingerprint density at radius 1 is 1.13 bits per heavy atom. The average Bonchev–Trinajstić information content (AvgIpc) is 2.17. The molecule has 0 bridgehead atoms. The Hall–Kier alpha value is 0.690. The molecule has 92 valence electrons. The molecule has 0 spiro atoms. The molecule has 0 aromatic carbocycles. The van der Waals surface area contributed by atoms with Gasteiger partial charge in [0, 0.05) is 36.6 Å². The normalized spacial score (nSPS) is 15.9. The second kappa shape index (κ2) is 7.88. The summed E-state index contributed by atoms with van der Waals surface area (Å²) in [6.07, 6.45) is 3.92. The maximum absolute atomic E-state index is 12.0. The summed E-state index contributed by atoms with van der Waals surface area (Å²) in [4.78, 5) is 0. The largest absolute Gasteiger partial charge is 0.309 e. The summed E-state index contributed by atoms with van der Waals surface area (Å²) in [7, 11) is -3.24. The summed E-state index contributed by atoms with van der Waals surface area (Å²) >= 11 is 11.0. The van der Waals surface area contributed by atoms with Crippen molar-refractivity contribution >= 4 is 31.1 Å². The van der Waals surface area contributed by atoms with Crippen molar-refractivity contribution in [1.29, 1.82) is 0 Å². The number of nitrogens with zero attached hydrogens (tertiary/aromatic N) is 2. The molecule has 0 saturated heterocycles. The maximum Gasteiger partial charge on any atom is 0.309 e. The molecule has 0 rings (SSSR count). The Morgan fingerprint density at radius 2 is 1.53 bits per heavy atom. The second-order valence-corrected chi connectivity index (χ2v) is 6.93. The lowest BCUT2D eigenvalue weighted by molar-refractivity contribution is 0.382. The number of rotatable bonds is 8. The molecule has 0 fully saturated rings. The van der Waals surface area contributed by atoms with Gasteiger partial charge in [-0.3, -0.25) is 10.1 Å². The van der Waals surface area contributed by atoms with E-state index in [1.165, 1.54) is 0 Å². The molecule has 15 heavy (non-hydrogen) atoms. The van der Waals surface area contributed by atoms with Crippen LogP contribution >= 0.6 is 31.1 Å². The van der Waals surface area contributed by atoms with Crippen LogP contribution in [0.2, 0.25) is 0 Å². The molecule has 0 aliphatic rings. The van der Waals surface area contributed by atoms with Crippen LogP contribution in [0.5, 0.6) is 0 Å². The summed E-state index contributed by atoms with van der Waals surface area (Å²) < 4.78 is 14.3. The monoisotopic (exact) mass is 275 g/mol. The van der Waals surface area contributed by atoms with Crippen molar-refractivity contribution in [1.82, 2.24) is 8.38 Å². The first kappa shape index (κ1) is 15.7. The quantitative estimate of drug-likeness (QED) is 0.544. The van der Waals surface area contributed by atoms with Crippen molar-refractivity contribution in [3.8, 4) is 0 Å². The molecule has 1 atom stereocenters. The first-order valence-electron chi connectivity index (χ1n) is 5.23. The number of nitrogens with two attached hydrogens (primary N) is 1. The fourth-order valence-electron chi connectivity index (χ4n) is 1.18. The molecule has 1 unspecified atom stereocenters. The Morgan fingerprint density at radius 3 is 1.80 bits per heavy atom. The Balaban J connectivity index is 4.39. The summed E-state index contributed by atoms with van der Waals surface area (Å²) in [5, 5.41) is 0. The zero-order valence-corrected chi connectivity index (χ0v) is 11.7. The van der Waals surface area contributed by atoms with Gasteiger partial charge < -0.3 is 0 Å². The van der Waals surface area contributed by atoms with Crippen LogP contribution in [-0.4, -0.2) is 21.5 Å². The van der Waals surface area contributed by atoms with Gasteiger partial charge in [0.2, 0.25) is 0 Å². The summed E-state index contributed by atoms with van der Waals surface area (Å²) in [6, 6.07) is 0. The molecule has 2 N–H and O–H groups in total. The highest BCUT2D eigenvalue weighted by Crippen LogP contribution is 2.48. The van der Waals surface area contributed by atoms with E-state index in [-0.39, 0.29) is 0 Å². The lowest BCUT2D eigenvalue weighted by atomic mass is 10.3. The van der Waals surface area contributed by atoms with Gasteiger partial charge in [-0.2, -0.15) is 0 Å². The molecule has 0 aliphatic carbocycles. The maximum atomic E-state index is 12.0. The first-order valence-corrected chi connectivity index (χ1v) is 7.58. The van der Waals surface area contributed by atoms with E-state index in [0.29, 0.717) is 16.8 Å². The fraction of sp³-hybridized carbons (Fsp3) is 1.00. The molecule has 0 heterocycles. The van der Waals surface area contributed by atoms with Crippen molar-refractivity contribution in [2.45, 2.75) is 39.5 Å². The van der Waals surface area contributed by atoms with Gasteiger partial charge in [-0.1, -0.05) is 26.7 Å². The van der Waals surface area contributed by atoms with Crippen LogP contribution in [0.4, 0.5) is 0 Å². The standard InChI is InChI=1S/C8H20Cl2N3OP/c1-3-5-7-12(8-6-4-2)15(11,14)13(9)10/h3-8H2,1-2H3,(H2,11,14). The molecule has 0 aliphatic heterocycles. The second-order valence-electron chi connectivity index (χ2n) is 3.46. The van der Waals surface area contributed by atoms with Crippen LogP contribution in [0.1, 0.15) is 39.5 Å². The summed E-state index contributed by atoms with van der Waals surface area (Å²) in [5.41, 5.74) is 5.63. The van der Waals surface area contributed by atoms with Gasteiger partial charge in [0.25, 0.3) is 0 Å². The van der Waals surface area contributed by atoms with Gasteiger partial charge in [0.05, 0.1) is 0 Å². The topological polar surface area (TPSA) is 49.6 Å². The summed E-state index contributed by atoms with van der Waals surface area (Å²) in [5.74, 6) is 0. The highest BCUT2D eigenvalue weighted by Gasteiger charge is 2.31. The number of unbranched alkanes of at least 4 members (excludes halogenated alkanes) is 2. The van der Waals surface area contributed by atoms with E-state index in [1.54, 1.807) is 4.67 Å². The molecular formula is C8H20Cl2N3OP. The fourth-order valence-corrected chi connectivity index (χ4v) is 2.80. The minimum absolute atomic E-state index is 0.596. The van der Waals surface area contributed by atoms with Gasteiger partial charge in [-0.05, 0) is 16.6 Å². The zero-order chi connectivity index (χ0) is 11.9. The molecule has 0 saturated carbocycles. The average molecular weight is 276 g/mol. The predicted molar refractivity (Wildman–Crippen MR) is 66.7 cm³/mol. The molecule has 0 aromatic rings. The molecule has 4 nitrogen and oxygen atoms in total. The van der Waals surface area contributed by atoms with E-state index in [2.05, 4.69) is 13.8 Å². The molecule has 7 heteroatoms. The number of halogens is 2. The van der Waals surface area contributed by atoms with Crippen LogP contribution in [0.15, 0.2) is 0 Å². The van der Waals surface area contributed by atoms with Crippen LogP contribution < -0.4 is 5.50 Å². The highest BCUT2D eigenvalue weighted by atomic mass is 35.5. The van der Waals surface area contributed by atoms with Crippen molar-refractivity contribution in [2.75, 3.05) is 13.1 Å². The van der Waals surface area contributed by atoms with E-state index < -0.39 is 7.59 Å². The van der Waals surface area contributed by atoms with E-state index in [4.69, 9.17) is 29.1 Å². The Kier molecular flexibility index (Phi) is 8.24. The molecule has 0 radical (unpaired) electrons. The third kappa shape index (κ3) is 5.53. The third-order valence-corrected chi connectivity index (χ3v) is 5.10. The lowest BCUT2D eigenvalue weighted by Gasteiger charge is -2.29. The van der Waals surface area contributed by atoms with Gasteiger partial charge >= 0.3 is 7.59 Å². The van der Waals surface area contributed by atoms with E-state index in [9.17, 15) is 4.57 Å². The molecule has 0 aromatic heterocycles. The van der Waals surface area contributed by atoms with Gasteiger partial charge in [0.1, 0.15) is 0 Å². The van der Waals surface area contributed by atoms with E-state index >= 15 is 0 Å². The minimum atomic E-state index is -3.24. The van der Waals surface area contributed by atoms with Crippen molar-refractivity contribution in [2.24, 2.45) is 5.50 Å². The smallest absolute Gasteiger partial charge is 0.268 e. The lowest BCUT2D eigenvalue weighted by Crippen LogP contribution is -2.30. The minimum Gasteiger partial charge on any atom is -0.268 e. The summed E-state index contributed by atoms with van der Waals surface area (Å²) in [6.45, 7) is 5.47. The van der Waals surface area contributed by atoms with Crippen molar-refractivity contribution in [3.05, 3.63) is 0 Å². The first-order chi connectivity index (χ1) is 6.96. The van der Waals surface area contributed by atoms with Gasteiger partial charge in [-0.15, -0.1) is 0 Å². The Bertz CT molecular complexity index is 208. The number of hydrogen-bond acceptors (Lipinski definition) is 1.